The van der Waals surface area contributed by atoms with Crippen molar-refractivity contribution in [3.05, 3.63) is 21.1 Å². The van der Waals surface area contributed by atoms with Gasteiger partial charge in [0, 0.05) is 11.9 Å². The number of aromatic nitrogens is 1. The van der Waals surface area contributed by atoms with Crippen molar-refractivity contribution in [3.8, 4) is 0 Å². The van der Waals surface area contributed by atoms with Gasteiger partial charge >= 0.3 is 6.09 Å². The predicted molar refractivity (Wildman–Crippen MR) is 66.6 cm³/mol. The van der Waals surface area contributed by atoms with E-state index in [0.717, 1.165) is 16.2 Å². The van der Waals surface area contributed by atoms with Crippen LogP contribution in [0.25, 0.3) is 5.57 Å². The fraction of sp³-hybridized carbons (Fsp3) is 0.400. The van der Waals surface area contributed by atoms with E-state index >= 15 is 0 Å². The van der Waals surface area contributed by atoms with Crippen LogP contribution in [0.5, 0.6) is 0 Å². The molecule has 1 amide bonds. The Bertz CT molecular complexity index is 508. The van der Waals surface area contributed by atoms with Gasteiger partial charge in [-0.15, -0.1) is 11.3 Å². The minimum atomic E-state index is -1.08. The van der Waals surface area contributed by atoms with E-state index in [1.165, 1.54) is 11.3 Å². The van der Waals surface area contributed by atoms with E-state index < -0.39 is 18.8 Å². The van der Waals surface area contributed by atoms with Crippen molar-refractivity contribution in [1.29, 1.82) is 0 Å². The molecular weight excluding hydrogens is 263 g/mol. The van der Waals surface area contributed by atoms with E-state index in [0.29, 0.717) is 10.4 Å². The minimum Gasteiger partial charge on any atom is -0.465 e. The van der Waals surface area contributed by atoms with Gasteiger partial charge in [-0.05, 0) is 24.2 Å². The number of halogens is 1. The first kappa shape index (κ1) is 12.3. The van der Waals surface area contributed by atoms with Gasteiger partial charge in [0.2, 0.25) is 0 Å². The van der Waals surface area contributed by atoms with Crippen LogP contribution >= 0.6 is 23.6 Å². The number of hydrogen-bond acceptors (Lipinski definition) is 3. The largest absolute Gasteiger partial charge is 0.465 e. The molecule has 0 radical (unpaired) electrons. The molecule has 1 aromatic rings. The minimum absolute atomic E-state index is 0.218. The molecule has 92 valence electrons. The maximum Gasteiger partial charge on any atom is 0.407 e. The maximum atomic E-state index is 12.8. The number of nitrogens with zero attached hydrogens (tertiary/aromatic N) is 1. The number of thiazole rings is 1. The van der Waals surface area contributed by atoms with Crippen LogP contribution < -0.4 is 0 Å². The number of H-pyrrole nitrogens is 1. The fourth-order valence-electron chi connectivity index (χ4n) is 1.83. The quantitative estimate of drug-likeness (QED) is 0.815. The summed E-state index contributed by atoms with van der Waals surface area (Å²) in [5.41, 5.74) is 1.79. The molecule has 1 atom stereocenters. The van der Waals surface area contributed by atoms with E-state index in [1.807, 2.05) is 5.38 Å². The smallest absolute Gasteiger partial charge is 0.407 e. The Morgan fingerprint density at radius 2 is 2.53 bits per heavy atom. The molecule has 2 heterocycles. The molecule has 0 unspecified atom stereocenters. The third-order valence-corrected chi connectivity index (χ3v) is 3.78. The zero-order chi connectivity index (χ0) is 12.4. The highest BCUT2D eigenvalue weighted by Gasteiger charge is 2.27. The van der Waals surface area contributed by atoms with Crippen molar-refractivity contribution in [3.63, 3.8) is 0 Å². The van der Waals surface area contributed by atoms with E-state index in [4.69, 9.17) is 17.3 Å². The lowest BCUT2D eigenvalue weighted by molar-refractivity contribution is 0.120. The molecule has 0 saturated heterocycles. The SMILES string of the molecule is O=C(O)N1CC=C(c2csc(=S)[nH]2)C[C@H]1CF. The lowest BCUT2D eigenvalue weighted by Gasteiger charge is -2.31. The van der Waals surface area contributed by atoms with Crippen LogP contribution in [0.15, 0.2) is 11.5 Å². The normalized spacial score (nSPS) is 20.2. The first-order chi connectivity index (χ1) is 8.11. The van der Waals surface area contributed by atoms with Crippen LogP contribution in [-0.2, 0) is 0 Å². The van der Waals surface area contributed by atoms with Gasteiger partial charge in [-0.1, -0.05) is 6.08 Å². The number of amides is 1. The predicted octanol–water partition coefficient (Wildman–Crippen LogP) is 2.91. The number of nitrogens with one attached hydrogen (secondary N) is 1. The van der Waals surface area contributed by atoms with Crippen molar-refractivity contribution >= 4 is 35.2 Å². The highest BCUT2D eigenvalue weighted by molar-refractivity contribution is 7.73. The summed E-state index contributed by atoms with van der Waals surface area (Å²) in [5.74, 6) is 0. The Hall–Kier alpha value is -1.21. The maximum absolute atomic E-state index is 12.8. The van der Waals surface area contributed by atoms with Crippen LogP contribution in [0.3, 0.4) is 0 Å². The first-order valence-electron chi connectivity index (χ1n) is 5.04. The van der Waals surface area contributed by atoms with Crippen LogP contribution in [0, 0.1) is 3.95 Å². The monoisotopic (exact) mass is 274 g/mol. The molecule has 4 nitrogen and oxygen atoms in total. The molecular formula is C10H11FN2O2S2. The lowest BCUT2D eigenvalue weighted by Crippen LogP contribution is -2.43. The number of alkyl halides is 1. The highest BCUT2D eigenvalue weighted by Crippen LogP contribution is 2.27. The first-order valence-corrected chi connectivity index (χ1v) is 6.33. The van der Waals surface area contributed by atoms with Crippen molar-refractivity contribution in [1.82, 2.24) is 9.88 Å². The third kappa shape index (κ3) is 2.55. The third-order valence-electron chi connectivity index (χ3n) is 2.72. The molecule has 1 aliphatic rings. The Balaban J connectivity index is 2.23. The fourth-order valence-corrected chi connectivity index (χ4v) is 2.69. The highest BCUT2D eigenvalue weighted by atomic mass is 32.1. The molecule has 1 aromatic heterocycles. The Morgan fingerprint density at radius 1 is 1.76 bits per heavy atom. The average Bonchev–Trinajstić information content (AvgIpc) is 2.75. The van der Waals surface area contributed by atoms with Crippen LogP contribution in [0.2, 0.25) is 0 Å². The van der Waals surface area contributed by atoms with Crippen molar-refractivity contribution < 1.29 is 14.3 Å². The standard InChI is InChI=1S/C10H11FN2O2S2/c11-4-7-3-6(1-2-13(7)10(14)15)8-5-17-9(16)12-8/h1,5,7H,2-4H2,(H,12,16)(H,14,15)/t7-/m0/s1. The van der Waals surface area contributed by atoms with Gasteiger partial charge in [-0.3, -0.25) is 4.90 Å². The molecule has 17 heavy (non-hydrogen) atoms. The van der Waals surface area contributed by atoms with Gasteiger partial charge in [0.05, 0.1) is 11.7 Å². The van der Waals surface area contributed by atoms with Crippen molar-refractivity contribution in [2.75, 3.05) is 13.2 Å². The number of aromatic amines is 1. The van der Waals surface area contributed by atoms with Crippen molar-refractivity contribution in [2.24, 2.45) is 0 Å². The second-order valence-corrected chi connectivity index (χ2v) is 5.28. The van der Waals surface area contributed by atoms with Crippen LogP contribution in [-0.4, -0.2) is 40.3 Å². The van der Waals surface area contributed by atoms with Gasteiger partial charge in [0.1, 0.15) is 6.67 Å². The van der Waals surface area contributed by atoms with E-state index in [9.17, 15) is 9.18 Å². The molecule has 0 saturated carbocycles. The molecule has 0 fully saturated rings. The summed E-state index contributed by atoms with van der Waals surface area (Å²) >= 11 is 6.39. The van der Waals surface area contributed by atoms with Crippen molar-refractivity contribution in [2.45, 2.75) is 12.5 Å². The Morgan fingerprint density at radius 3 is 3.06 bits per heavy atom. The number of rotatable bonds is 2. The van der Waals surface area contributed by atoms with Gasteiger partial charge in [0.25, 0.3) is 0 Å². The summed E-state index contributed by atoms with van der Waals surface area (Å²) in [6.07, 6.45) is 1.10. The lowest BCUT2D eigenvalue weighted by atomic mass is 9.99. The molecule has 0 aliphatic carbocycles. The summed E-state index contributed by atoms with van der Waals surface area (Å²) in [7, 11) is 0. The van der Waals surface area contributed by atoms with Gasteiger partial charge in [-0.2, -0.15) is 0 Å². The van der Waals surface area contributed by atoms with Gasteiger partial charge in [-0.25, -0.2) is 9.18 Å². The summed E-state index contributed by atoms with van der Waals surface area (Å²) in [4.78, 5) is 15.0. The van der Waals surface area contributed by atoms with Crippen LogP contribution in [0.1, 0.15) is 12.1 Å². The summed E-state index contributed by atoms with van der Waals surface area (Å²) in [6.45, 7) is -0.454. The van der Waals surface area contributed by atoms with E-state index in [2.05, 4.69) is 4.98 Å². The number of hydrogen-bond donors (Lipinski definition) is 2. The second-order valence-electron chi connectivity index (χ2n) is 3.74. The summed E-state index contributed by atoms with van der Waals surface area (Å²) in [5, 5.41) is 10.8. The molecule has 1 aliphatic heterocycles. The van der Waals surface area contributed by atoms with E-state index in [-0.39, 0.29) is 6.54 Å². The average molecular weight is 274 g/mol. The van der Waals surface area contributed by atoms with Gasteiger partial charge in [0.15, 0.2) is 3.95 Å². The number of carboxylic acid groups (broad SMARTS) is 1. The molecule has 7 heteroatoms. The Kier molecular flexibility index (Phi) is 3.58. The molecule has 2 N–H and O–H groups in total. The molecule has 2 rings (SSSR count). The second kappa shape index (κ2) is 4.97. The molecule has 0 aromatic carbocycles. The van der Waals surface area contributed by atoms with Gasteiger partial charge < -0.3 is 10.1 Å². The Labute approximate surface area is 106 Å². The van der Waals surface area contributed by atoms with Crippen LogP contribution in [0.4, 0.5) is 9.18 Å². The molecule has 0 bridgehead atoms. The topological polar surface area (TPSA) is 56.3 Å². The summed E-state index contributed by atoms with van der Waals surface area (Å²) in [6, 6.07) is -0.602. The zero-order valence-corrected chi connectivity index (χ0v) is 10.5. The number of carbonyl (C=O) groups is 1. The summed E-state index contributed by atoms with van der Waals surface area (Å²) < 4.78 is 13.5. The molecule has 0 spiro atoms. The van der Waals surface area contributed by atoms with E-state index in [1.54, 1.807) is 6.08 Å². The zero-order valence-electron chi connectivity index (χ0n) is 8.85.